The summed E-state index contributed by atoms with van der Waals surface area (Å²) in [5, 5.41) is 6.74. The highest BCUT2D eigenvalue weighted by Crippen LogP contribution is 2.52. The van der Waals surface area contributed by atoms with Crippen molar-refractivity contribution in [2.24, 2.45) is 0 Å². The van der Waals surface area contributed by atoms with Gasteiger partial charge >= 0.3 is 0 Å². The van der Waals surface area contributed by atoms with Crippen LogP contribution >= 0.6 is 0 Å². The van der Waals surface area contributed by atoms with Gasteiger partial charge in [0.15, 0.2) is 17.5 Å². The highest BCUT2D eigenvalue weighted by Gasteiger charge is 2.37. The Morgan fingerprint density at radius 3 is 1.90 bits per heavy atom. The maximum absolute atomic E-state index is 6.50. The predicted molar refractivity (Wildman–Crippen MR) is 196 cm³/mol. The van der Waals surface area contributed by atoms with Crippen LogP contribution in [0, 0.1) is 0 Å². The lowest BCUT2D eigenvalue weighted by atomic mass is 9.82. The molecule has 9 aromatic rings. The lowest BCUT2D eigenvalue weighted by Crippen LogP contribution is -2.14. The first kappa shape index (κ1) is 27.0. The van der Waals surface area contributed by atoms with Gasteiger partial charge in [0.05, 0.1) is 5.56 Å². The van der Waals surface area contributed by atoms with Gasteiger partial charge in [-0.1, -0.05) is 141 Å². The Bertz CT molecular complexity index is 2770. The zero-order valence-electron chi connectivity index (χ0n) is 26.5. The Balaban J connectivity index is 1.31. The fourth-order valence-electron chi connectivity index (χ4n) is 7.85. The second-order valence-corrected chi connectivity index (χ2v) is 13.2. The maximum Gasteiger partial charge on any atom is 0.167 e. The minimum absolute atomic E-state index is 0.144. The van der Waals surface area contributed by atoms with Crippen molar-refractivity contribution >= 4 is 43.5 Å². The molecule has 0 amide bonds. The third kappa shape index (κ3) is 3.80. The first-order chi connectivity index (χ1) is 23.6. The summed E-state index contributed by atoms with van der Waals surface area (Å²) in [4.78, 5) is 15.9. The summed E-state index contributed by atoms with van der Waals surface area (Å²) in [6, 6.07) is 48.9. The van der Waals surface area contributed by atoms with Gasteiger partial charge in [-0.05, 0) is 50.5 Å². The number of aromatic nitrogens is 3. The molecule has 0 radical (unpaired) electrons. The molecule has 1 aliphatic carbocycles. The van der Waals surface area contributed by atoms with Crippen molar-refractivity contribution in [3.63, 3.8) is 0 Å². The molecular formula is C44H29N3O. The van der Waals surface area contributed by atoms with E-state index in [1.54, 1.807) is 0 Å². The molecule has 7 aromatic carbocycles. The average molecular weight is 616 g/mol. The molecule has 1 aliphatic rings. The van der Waals surface area contributed by atoms with Crippen LogP contribution in [0.3, 0.4) is 0 Å². The molecule has 0 atom stereocenters. The number of benzene rings is 7. The molecule has 2 aromatic heterocycles. The van der Waals surface area contributed by atoms with Gasteiger partial charge in [-0.3, -0.25) is 0 Å². The average Bonchev–Trinajstić information content (AvgIpc) is 3.63. The van der Waals surface area contributed by atoms with Crippen LogP contribution in [0.1, 0.15) is 25.0 Å². The third-order valence-corrected chi connectivity index (χ3v) is 10.1. The zero-order chi connectivity index (χ0) is 32.0. The minimum Gasteiger partial charge on any atom is -0.455 e. The van der Waals surface area contributed by atoms with Gasteiger partial charge < -0.3 is 4.42 Å². The quantitative estimate of drug-likeness (QED) is 0.186. The zero-order valence-corrected chi connectivity index (χ0v) is 26.5. The molecule has 0 saturated heterocycles. The number of para-hydroxylation sites is 2. The van der Waals surface area contributed by atoms with Gasteiger partial charge in [-0.25, -0.2) is 15.0 Å². The van der Waals surface area contributed by atoms with Gasteiger partial charge in [0.25, 0.3) is 0 Å². The Kier molecular flexibility index (Phi) is 5.59. The summed E-state index contributed by atoms with van der Waals surface area (Å²) in [5.41, 5.74) is 9.29. The van der Waals surface area contributed by atoms with Crippen molar-refractivity contribution in [2.45, 2.75) is 19.3 Å². The van der Waals surface area contributed by atoms with Crippen LogP contribution in [0.4, 0.5) is 0 Å². The van der Waals surface area contributed by atoms with Crippen molar-refractivity contribution in [3.05, 3.63) is 151 Å². The van der Waals surface area contributed by atoms with E-state index < -0.39 is 0 Å². The number of rotatable bonds is 3. The molecule has 0 bridgehead atoms. The highest BCUT2D eigenvalue weighted by molar-refractivity contribution is 6.14. The Hall–Kier alpha value is -6.13. The molecule has 48 heavy (non-hydrogen) atoms. The van der Waals surface area contributed by atoms with E-state index in [1.807, 2.05) is 18.2 Å². The SMILES string of the molecule is CC1(C)c2ccccc2-c2c(-c3nc(-c4cccc5c4oc4ccccc45)nc(-c4cccc5ccc6ccccc6c45)n3)cccc21. The van der Waals surface area contributed by atoms with Crippen molar-refractivity contribution in [1.82, 2.24) is 15.0 Å². The fraction of sp³-hybridized carbons (Fsp3) is 0.0682. The predicted octanol–water partition coefficient (Wildman–Crippen LogP) is 11.4. The molecule has 10 rings (SSSR count). The van der Waals surface area contributed by atoms with Gasteiger partial charge in [-0.15, -0.1) is 0 Å². The first-order valence-corrected chi connectivity index (χ1v) is 16.4. The molecule has 2 heterocycles. The van der Waals surface area contributed by atoms with Crippen LogP contribution in [0.2, 0.25) is 0 Å². The maximum atomic E-state index is 6.50. The molecule has 0 fully saturated rings. The molecule has 0 saturated carbocycles. The van der Waals surface area contributed by atoms with Crippen LogP contribution in [0.25, 0.3) is 88.8 Å². The summed E-state index contributed by atoms with van der Waals surface area (Å²) >= 11 is 0. The monoisotopic (exact) mass is 615 g/mol. The summed E-state index contributed by atoms with van der Waals surface area (Å²) < 4.78 is 6.50. The van der Waals surface area contributed by atoms with Crippen molar-refractivity contribution in [1.29, 1.82) is 0 Å². The first-order valence-electron chi connectivity index (χ1n) is 16.4. The van der Waals surface area contributed by atoms with Gasteiger partial charge in [0, 0.05) is 32.7 Å². The van der Waals surface area contributed by atoms with Crippen LogP contribution in [0.5, 0.6) is 0 Å². The van der Waals surface area contributed by atoms with Gasteiger partial charge in [0.2, 0.25) is 0 Å². The van der Waals surface area contributed by atoms with E-state index >= 15 is 0 Å². The number of hydrogen-bond donors (Lipinski definition) is 0. The van der Waals surface area contributed by atoms with Crippen LogP contribution in [-0.4, -0.2) is 15.0 Å². The molecule has 4 nitrogen and oxygen atoms in total. The number of nitrogens with zero attached hydrogens (tertiary/aromatic N) is 3. The van der Waals surface area contributed by atoms with E-state index in [4.69, 9.17) is 19.4 Å². The second kappa shape index (κ2) is 9.93. The Morgan fingerprint density at radius 1 is 0.438 bits per heavy atom. The summed E-state index contributed by atoms with van der Waals surface area (Å²) in [5.74, 6) is 1.86. The molecule has 0 unspecified atom stereocenters. The van der Waals surface area contributed by atoms with Gasteiger partial charge in [-0.2, -0.15) is 0 Å². The van der Waals surface area contributed by atoms with E-state index in [-0.39, 0.29) is 5.41 Å². The van der Waals surface area contributed by atoms with E-state index in [2.05, 4.69) is 135 Å². The Morgan fingerprint density at radius 2 is 1.00 bits per heavy atom. The summed E-state index contributed by atoms with van der Waals surface area (Å²) in [6.07, 6.45) is 0. The van der Waals surface area contributed by atoms with E-state index in [0.717, 1.165) is 49.4 Å². The smallest absolute Gasteiger partial charge is 0.167 e. The van der Waals surface area contributed by atoms with Crippen LogP contribution in [0.15, 0.2) is 144 Å². The molecule has 0 N–H and O–H groups in total. The van der Waals surface area contributed by atoms with Crippen LogP contribution in [-0.2, 0) is 5.41 Å². The standard InChI is InChI=1S/C44H29N3O/c1-44(2)35-21-7-5-16-31(35)39-33(19-11-22-36(39)44)42-45-41(32-18-9-13-27-25-24-26-12-3-4-14-28(26)38(27)32)46-43(47-42)34-20-10-17-30-29-15-6-8-23-37(29)48-40(30)34/h3-25H,1-2H3. The minimum atomic E-state index is -0.144. The lowest BCUT2D eigenvalue weighted by molar-refractivity contribution is 0.660. The second-order valence-electron chi connectivity index (χ2n) is 13.2. The molecule has 0 aliphatic heterocycles. The number of fused-ring (bicyclic) bond motifs is 9. The number of furan rings is 1. The Labute approximate surface area is 277 Å². The third-order valence-electron chi connectivity index (χ3n) is 10.1. The van der Waals surface area contributed by atoms with Gasteiger partial charge in [0.1, 0.15) is 11.2 Å². The van der Waals surface area contributed by atoms with E-state index in [1.165, 1.54) is 33.0 Å². The molecular weight excluding hydrogens is 587 g/mol. The topological polar surface area (TPSA) is 51.8 Å². The van der Waals surface area contributed by atoms with E-state index in [9.17, 15) is 0 Å². The fourth-order valence-corrected chi connectivity index (χ4v) is 7.85. The summed E-state index contributed by atoms with van der Waals surface area (Å²) in [6.45, 7) is 4.60. The lowest BCUT2D eigenvalue weighted by Gasteiger charge is -2.21. The van der Waals surface area contributed by atoms with Crippen molar-refractivity contribution in [3.8, 4) is 45.3 Å². The number of hydrogen-bond acceptors (Lipinski definition) is 4. The molecule has 0 spiro atoms. The largest absolute Gasteiger partial charge is 0.455 e. The normalized spacial score (nSPS) is 13.4. The van der Waals surface area contributed by atoms with Crippen LogP contribution < -0.4 is 0 Å². The highest BCUT2D eigenvalue weighted by atomic mass is 16.3. The molecule has 4 heteroatoms. The van der Waals surface area contributed by atoms with Crippen molar-refractivity contribution in [2.75, 3.05) is 0 Å². The van der Waals surface area contributed by atoms with E-state index in [0.29, 0.717) is 17.5 Å². The van der Waals surface area contributed by atoms with Crippen molar-refractivity contribution < 1.29 is 4.42 Å². The summed E-state index contributed by atoms with van der Waals surface area (Å²) in [7, 11) is 0. The molecule has 226 valence electrons.